The Labute approximate surface area is 119 Å². The van der Waals surface area contributed by atoms with Crippen LogP contribution < -0.4 is 5.73 Å². The molecule has 3 N–H and O–H groups in total. The van der Waals surface area contributed by atoms with Gasteiger partial charge < -0.3 is 10.9 Å². The van der Waals surface area contributed by atoms with Crippen LogP contribution in [0.4, 0.5) is 0 Å². The maximum absolute atomic E-state index is 8.79. The van der Waals surface area contributed by atoms with Crippen molar-refractivity contribution in [1.82, 2.24) is 0 Å². The zero-order chi connectivity index (χ0) is 14.2. The van der Waals surface area contributed by atoms with Crippen LogP contribution in [0, 0.1) is 0 Å². The minimum Gasteiger partial charge on any atom is -0.409 e. The molecule has 0 saturated heterocycles. The minimum atomic E-state index is 0.116. The summed E-state index contributed by atoms with van der Waals surface area (Å²) in [5.41, 5.74) is 8.64. The van der Waals surface area contributed by atoms with Crippen LogP contribution in [0.25, 0.3) is 0 Å². The highest BCUT2D eigenvalue weighted by molar-refractivity contribution is 5.99. The number of oxime groups is 1. The highest BCUT2D eigenvalue weighted by Crippen LogP contribution is 2.19. The summed E-state index contributed by atoms with van der Waals surface area (Å²) in [5, 5.41) is 11.8. The first-order chi connectivity index (χ1) is 9.81. The first kappa shape index (κ1) is 13.9. The van der Waals surface area contributed by atoms with Crippen molar-refractivity contribution < 1.29 is 5.21 Å². The summed E-state index contributed by atoms with van der Waals surface area (Å²) >= 11 is 0. The fourth-order valence-electron chi connectivity index (χ4n) is 1.97. The molecular formula is C17H18N2O. The van der Waals surface area contributed by atoms with Gasteiger partial charge in [-0.2, -0.15) is 0 Å². The molecule has 20 heavy (non-hydrogen) atoms. The Kier molecular flexibility index (Phi) is 4.95. The van der Waals surface area contributed by atoms with E-state index in [1.807, 2.05) is 36.5 Å². The van der Waals surface area contributed by atoms with Crippen molar-refractivity contribution in [3.63, 3.8) is 0 Å². The fourth-order valence-corrected chi connectivity index (χ4v) is 1.97. The van der Waals surface area contributed by atoms with Crippen LogP contribution in [-0.2, 0) is 0 Å². The Morgan fingerprint density at radius 3 is 2.65 bits per heavy atom. The largest absolute Gasteiger partial charge is 0.409 e. The Hall–Kier alpha value is -2.55. The van der Waals surface area contributed by atoms with Gasteiger partial charge in [-0.25, -0.2) is 0 Å². The number of hydrogen-bond donors (Lipinski definition) is 2. The molecule has 0 fully saturated rings. The standard InChI is InChI=1S/C17H18N2O/c18-17(19-20)16-11-7-3-6-10-15(12-13-16)14-8-4-1-2-5-9-14/h1-2,4,6-13,20H,3,5H2,(H2,18,19)/b10-6?,11-7-,15-12+,16-13+. The molecule has 3 heteroatoms. The number of rotatable bonds is 2. The summed E-state index contributed by atoms with van der Waals surface area (Å²) < 4.78 is 0. The van der Waals surface area contributed by atoms with Gasteiger partial charge in [0.15, 0.2) is 5.84 Å². The molecule has 3 nitrogen and oxygen atoms in total. The van der Waals surface area contributed by atoms with E-state index in [0.29, 0.717) is 5.57 Å². The van der Waals surface area contributed by atoms with Crippen LogP contribution in [0.1, 0.15) is 12.8 Å². The summed E-state index contributed by atoms with van der Waals surface area (Å²) in [4.78, 5) is 0. The lowest BCUT2D eigenvalue weighted by Crippen LogP contribution is -2.13. The van der Waals surface area contributed by atoms with E-state index < -0.39 is 0 Å². The van der Waals surface area contributed by atoms with Crippen molar-refractivity contribution >= 4 is 5.84 Å². The molecule has 0 unspecified atom stereocenters. The van der Waals surface area contributed by atoms with Gasteiger partial charge in [-0.05, 0) is 24.0 Å². The van der Waals surface area contributed by atoms with Crippen LogP contribution in [-0.4, -0.2) is 11.0 Å². The van der Waals surface area contributed by atoms with Gasteiger partial charge in [0.25, 0.3) is 0 Å². The highest BCUT2D eigenvalue weighted by atomic mass is 16.4. The molecule has 0 aromatic carbocycles. The quantitative estimate of drug-likeness (QED) is 0.347. The zero-order valence-electron chi connectivity index (χ0n) is 11.2. The lowest BCUT2D eigenvalue weighted by Gasteiger charge is -2.03. The van der Waals surface area contributed by atoms with E-state index in [-0.39, 0.29) is 5.84 Å². The van der Waals surface area contributed by atoms with Crippen molar-refractivity contribution in [1.29, 1.82) is 0 Å². The summed E-state index contributed by atoms with van der Waals surface area (Å²) in [6.45, 7) is 0. The number of nitrogens with zero attached hydrogens (tertiary/aromatic N) is 1. The monoisotopic (exact) mass is 266 g/mol. The molecular weight excluding hydrogens is 248 g/mol. The van der Waals surface area contributed by atoms with Crippen LogP contribution in [0.2, 0.25) is 0 Å². The van der Waals surface area contributed by atoms with Gasteiger partial charge in [-0.15, -0.1) is 0 Å². The van der Waals surface area contributed by atoms with Crippen LogP contribution in [0.5, 0.6) is 0 Å². The molecule has 0 amide bonds. The summed E-state index contributed by atoms with van der Waals surface area (Å²) in [6, 6.07) is 0. The maximum atomic E-state index is 8.79. The normalized spacial score (nSPS) is 26.2. The second-order valence-corrected chi connectivity index (χ2v) is 4.45. The molecule has 0 heterocycles. The SMILES string of the molecule is NC(=N\O)/C1=C/C=C(/C2=CCC=CC=C2)C=CC/C=C\1. The number of allylic oxidation sites excluding steroid dienone is 12. The van der Waals surface area contributed by atoms with E-state index in [0.717, 1.165) is 18.4 Å². The van der Waals surface area contributed by atoms with E-state index in [1.54, 1.807) is 0 Å². The van der Waals surface area contributed by atoms with Gasteiger partial charge in [0.2, 0.25) is 0 Å². The van der Waals surface area contributed by atoms with Crippen molar-refractivity contribution in [2.45, 2.75) is 12.8 Å². The predicted molar refractivity (Wildman–Crippen MR) is 83.5 cm³/mol. The molecule has 0 bridgehead atoms. The van der Waals surface area contributed by atoms with E-state index in [1.165, 1.54) is 5.57 Å². The van der Waals surface area contributed by atoms with Crippen molar-refractivity contribution in [3.8, 4) is 0 Å². The van der Waals surface area contributed by atoms with Gasteiger partial charge >= 0.3 is 0 Å². The maximum Gasteiger partial charge on any atom is 0.170 e. The molecule has 0 saturated carbocycles. The highest BCUT2D eigenvalue weighted by Gasteiger charge is 2.02. The second-order valence-electron chi connectivity index (χ2n) is 4.45. The van der Waals surface area contributed by atoms with Crippen LogP contribution >= 0.6 is 0 Å². The average Bonchev–Trinajstić information content (AvgIpc) is 2.68. The topological polar surface area (TPSA) is 58.6 Å². The lowest BCUT2D eigenvalue weighted by molar-refractivity contribution is 0.318. The third kappa shape index (κ3) is 3.72. The third-order valence-electron chi connectivity index (χ3n) is 3.04. The van der Waals surface area contributed by atoms with Crippen molar-refractivity contribution in [3.05, 3.63) is 83.6 Å². The first-order valence-electron chi connectivity index (χ1n) is 6.58. The molecule has 0 aliphatic heterocycles. The number of amidine groups is 1. The lowest BCUT2D eigenvalue weighted by atomic mass is 10.0. The van der Waals surface area contributed by atoms with Gasteiger partial charge in [-0.3, -0.25) is 0 Å². The molecule has 0 radical (unpaired) electrons. The van der Waals surface area contributed by atoms with E-state index >= 15 is 0 Å². The zero-order valence-corrected chi connectivity index (χ0v) is 11.2. The van der Waals surface area contributed by atoms with E-state index in [4.69, 9.17) is 10.9 Å². The van der Waals surface area contributed by atoms with Crippen LogP contribution in [0.15, 0.2) is 88.7 Å². The molecule has 102 valence electrons. The van der Waals surface area contributed by atoms with Gasteiger partial charge in [0.05, 0.1) is 0 Å². The van der Waals surface area contributed by atoms with Gasteiger partial charge in [-0.1, -0.05) is 72.0 Å². The van der Waals surface area contributed by atoms with E-state index in [2.05, 4.69) is 35.5 Å². The van der Waals surface area contributed by atoms with Gasteiger partial charge in [0.1, 0.15) is 0 Å². The first-order valence-corrected chi connectivity index (χ1v) is 6.58. The van der Waals surface area contributed by atoms with Crippen molar-refractivity contribution in [2.24, 2.45) is 10.9 Å². The summed E-state index contributed by atoms with van der Waals surface area (Å²) in [6.07, 6.45) is 24.1. The van der Waals surface area contributed by atoms with Gasteiger partial charge in [0, 0.05) is 5.57 Å². The Morgan fingerprint density at radius 1 is 0.950 bits per heavy atom. The number of hydrogen-bond acceptors (Lipinski definition) is 2. The smallest absolute Gasteiger partial charge is 0.170 e. The second kappa shape index (κ2) is 7.14. The summed E-state index contributed by atoms with van der Waals surface area (Å²) in [5.74, 6) is 0.116. The van der Waals surface area contributed by atoms with E-state index in [9.17, 15) is 0 Å². The molecule has 2 aliphatic carbocycles. The third-order valence-corrected chi connectivity index (χ3v) is 3.04. The molecule has 2 aliphatic rings. The summed E-state index contributed by atoms with van der Waals surface area (Å²) in [7, 11) is 0. The fraction of sp³-hybridized carbons (Fsp3) is 0.118. The minimum absolute atomic E-state index is 0.116. The predicted octanol–water partition coefficient (Wildman–Crippen LogP) is 3.54. The average molecular weight is 266 g/mol. The Morgan fingerprint density at radius 2 is 1.80 bits per heavy atom. The molecule has 0 aromatic heterocycles. The number of nitrogens with two attached hydrogens (primary N) is 1. The Bertz CT molecular complexity index is 596. The molecule has 0 atom stereocenters. The molecule has 0 aromatic rings. The van der Waals surface area contributed by atoms with Crippen molar-refractivity contribution in [2.75, 3.05) is 0 Å². The van der Waals surface area contributed by atoms with Crippen LogP contribution in [0.3, 0.4) is 0 Å². The molecule has 0 spiro atoms. The molecule has 2 rings (SSSR count). The Balaban J connectivity index is 2.36.